The summed E-state index contributed by atoms with van der Waals surface area (Å²) in [5, 5.41) is 13.1. The van der Waals surface area contributed by atoms with E-state index in [-0.39, 0.29) is 22.9 Å². The van der Waals surface area contributed by atoms with Gasteiger partial charge < -0.3 is 15.8 Å². The minimum Gasteiger partial charge on any atom is -0.497 e. The first-order valence-corrected chi connectivity index (χ1v) is 11.4. The van der Waals surface area contributed by atoms with Crippen molar-refractivity contribution in [2.45, 2.75) is 13.0 Å². The Balaban J connectivity index is 1.74. The van der Waals surface area contributed by atoms with Gasteiger partial charge in [0.2, 0.25) is 5.95 Å². The lowest BCUT2D eigenvalue weighted by atomic mass is 10.0. The highest BCUT2D eigenvalue weighted by Crippen LogP contribution is 2.29. The number of hydrogen-bond acceptors (Lipinski definition) is 9. The van der Waals surface area contributed by atoms with Crippen LogP contribution < -0.4 is 21.3 Å². The summed E-state index contributed by atoms with van der Waals surface area (Å²) in [4.78, 5) is 31.6. The van der Waals surface area contributed by atoms with E-state index in [0.717, 1.165) is 0 Å². The lowest BCUT2D eigenvalue weighted by Gasteiger charge is -2.21. The van der Waals surface area contributed by atoms with Gasteiger partial charge >= 0.3 is 0 Å². The Morgan fingerprint density at radius 2 is 1.89 bits per heavy atom. The molecule has 5 aromatic rings. The molecule has 0 radical (unpaired) electrons. The van der Waals surface area contributed by atoms with Gasteiger partial charge in [-0.2, -0.15) is 10.2 Å². The first-order chi connectivity index (χ1) is 18.0. The highest BCUT2D eigenvalue weighted by Gasteiger charge is 2.22. The van der Waals surface area contributed by atoms with Gasteiger partial charge in [0.1, 0.15) is 29.0 Å². The van der Waals surface area contributed by atoms with Crippen molar-refractivity contribution < 1.29 is 4.74 Å². The number of nitriles is 1. The Kier molecular flexibility index (Phi) is 6.18. The number of para-hydroxylation sites is 1. The summed E-state index contributed by atoms with van der Waals surface area (Å²) in [7, 11) is 1.58. The van der Waals surface area contributed by atoms with Crippen molar-refractivity contribution in [1.29, 1.82) is 5.26 Å². The summed E-state index contributed by atoms with van der Waals surface area (Å²) in [6.45, 7) is 1.83. The fourth-order valence-electron chi connectivity index (χ4n) is 4.12. The molecule has 0 aliphatic heterocycles. The number of nitrogens with two attached hydrogens (primary N) is 1. The van der Waals surface area contributed by atoms with Gasteiger partial charge in [-0.3, -0.25) is 14.3 Å². The number of methoxy groups -OCH3 is 1. The van der Waals surface area contributed by atoms with Crippen LogP contribution in [0.5, 0.6) is 5.75 Å². The summed E-state index contributed by atoms with van der Waals surface area (Å²) < 4.78 is 6.91. The van der Waals surface area contributed by atoms with Crippen LogP contribution in [0.4, 0.5) is 11.8 Å². The molecule has 10 nitrogen and oxygen atoms in total. The fourth-order valence-corrected chi connectivity index (χ4v) is 4.12. The predicted octanol–water partition coefficient (Wildman–Crippen LogP) is 3.87. The number of fused-ring (bicyclic) bond motifs is 1. The van der Waals surface area contributed by atoms with Crippen LogP contribution >= 0.6 is 0 Å². The molecule has 5 rings (SSSR count). The van der Waals surface area contributed by atoms with E-state index in [1.165, 1.54) is 6.20 Å². The summed E-state index contributed by atoms with van der Waals surface area (Å²) in [5.74, 6) is 1.34. The van der Waals surface area contributed by atoms with E-state index in [0.29, 0.717) is 39.4 Å². The Labute approximate surface area is 212 Å². The van der Waals surface area contributed by atoms with Gasteiger partial charge in [-0.05, 0) is 31.2 Å². The molecule has 182 valence electrons. The summed E-state index contributed by atoms with van der Waals surface area (Å²) in [6.07, 6.45) is 2.99. The molecular formula is C27H22N8O2. The zero-order chi connectivity index (χ0) is 25.9. The normalized spacial score (nSPS) is 11.6. The third-order valence-corrected chi connectivity index (χ3v) is 5.85. The van der Waals surface area contributed by atoms with E-state index in [1.54, 1.807) is 36.1 Å². The molecule has 3 aromatic heterocycles. The minimum atomic E-state index is -0.530. The highest BCUT2D eigenvalue weighted by atomic mass is 16.5. The third kappa shape index (κ3) is 4.41. The van der Waals surface area contributed by atoms with Gasteiger partial charge in [0.05, 0.1) is 41.6 Å². The fraction of sp³-hybridized carbons (Fsp3) is 0.111. The molecule has 2 aromatic carbocycles. The number of aromatic nitrogens is 5. The number of anilines is 2. The Bertz CT molecular complexity index is 1710. The lowest BCUT2D eigenvalue weighted by molar-refractivity contribution is 0.414. The molecule has 0 bridgehead atoms. The van der Waals surface area contributed by atoms with Crippen LogP contribution in [0, 0.1) is 11.3 Å². The molecule has 0 spiro atoms. The molecule has 1 atom stereocenters. The van der Waals surface area contributed by atoms with Crippen molar-refractivity contribution in [3.8, 4) is 28.8 Å². The van der Waals surface area contributed by atoms with Crippen LogP contribution in [0.3, 0.4) is 0 Å². The SMILES string of the molecule is COc1ccnc(-c2cccc3nc(C(C)Nc4nc(N)ncc4C#N)n(-c4ccccc4)c(=O)c23)c1. The maximum absolute atomic E-state index is 14.2. The van der Waals surface area contributed by atoms with Gasteiger partial charge in [-0.25, -0.2) is 9.97 Å². The number of nitrogens with one attached hydrogen (secondary N) is 1. The Morgan fingerprint density at radius 3 is 2.65 bits per heavy atom. The maximum atomic E-state index is 14.2. The van der Waals surface area contributed by atoms with Gasteiger partial charge in [0, 0.05) is 17.8 Å². The van der Waals surface area contributed by atoms with Crippen molar-refractivity contribution in [3.63, 3.8) is 0 Å². The summed E-state index contributed by atoms with van der Waals surface area (Å²) in [6, 6.07) is 19.7. The molecule has 37 heavy (non-hydrogen) atoms. The third-order valence-electron chi connectivity index (χ3n) is 5.85. The number of nitrogen functional groups attached to an aromatic ring is 1. The van der Waals surface area contributed by atoms with Crippen molar-refractivity contribution in [1.82, 2.24) is 24.5 Å². The average molecular weight is 491 g/mol. The molecule has 1 unspecified atom stereocenters. The first kappa shape index (κ1) is 23.4. The molecule has 10 heteroatoms. The van der Waals surface area contributed by atoms with Crippen molar-refractivity contribution in [3.05, 3.63) is 94.8 Å². The van der Waals surface area contributed by atoms with Gasteiger partial charge in [0.25, 0.3) is 5.56 Å². The van der Waals surface area contributed by atoms with Crippen LogP contribution in [0.15, 0.2) is 77.9 Å². The second-order valence-electron chi connectivity index (χ2n) is 8.20. The van der Waals surface area contributed by atoms with Gasteiger partial charge in [-0.1, -0.05) is 30.3 Å². The molecule has 0 aliphatic carbocycles. The van der Waals surface area contributed by atoms with Crippen molar-refractivity contribution in [2.24, 2.45) is 0 Å². The quantitative estimate of drug-likeness (QED) is 0.362. The number of pyridine rings is 1. The van der Waals surface area contributed by atoms with E-state index in [2.05, 4.69) is 26.3 Å². The van der Waals surface area contributed by atoms with E-state index < -0.39 is 6.04 Å². The van der Waals surface area contributed by atoms with E-state index in [4.69, 9.17) is 15.5 Å². The van der Waals surface area contributed by atoms with E-state index in [1.807, 2.05) is 49.4 Å². The Hall–Kier alpha value is -5.30. The van der Waals surface area contributed by atoms with Crippen molar-refractivity contribution >= 4 is 22.7 Å². The van der Waals surface area contributed by atoms with Crippen LogP contribution in [0.2, 0.25) is 0 Å². The molecule has 3 N–H and O–H groups in total. The predicted molar refractivity (Wildman–Crippen MR) is 140 cm³/mol. The van der Waals surface area contributed by atoms with Crippen LogP contribution in [0.1, 0.15) is 24.4 Å². The monoisotopic (exact) mass is 490 g/mol. The second-order valence-corrected chi connectivity index (χ2v) is 8.20. The number of benzene rings is 2. The van der Waals surface area contributed by atoms with E-state index in [9.17, 15) is 10.1 Å². The first-order valence-electron chi connectivity index (χ1n) is 11.4. The van der Waals surface area contributed by atoms with Gasteiger partial charge in [-0.15, -0.1) is 0 Å². The lowest BCUT2D eigenvalue weighted by Crippen LogP contribution is -2.28. The molecule has 0 saturated heterocycles. The summed E-state index contributed by atoms with van der Waals surface area (Å²) >= 11 is 0. The molecule has 3 heterocycles. The number of hydrogen-bond donors (Lipinski definition) is 2. The number of rotatable bonds is 6. The largest absolute Gasteiger partial charge is 0.497 e. The molecular weight excluding hydrogens is 468 g/mol. The topological polar surface area (TPSA) is 145 Å². The Morgan fingerprint density at radius 1 is 1.08 bits per heavy atom. The van der Waals surface area contributed by atoms with Crippen molar-refractivity contribution in [2.75, 3.05) is 18.2 Å². The smallest absolute Gasteiger partial charge is 0.266 e. The van der Waals surface area contributed by atoms with Gasteiger partial charge in [0.15, 0.2) is 0 Å². The standard InChI is InChI=1S/C27H22N8O2/c1-16(32-24-17(14-28)15-31-27(29)34-24)25-33-21-10-6-9-20(22-13-19(37-2)11-12-30-22)23(21)26(36)35(25)18-7-4-3-5-8-18/h3-13,15-16H,1-2H3,(H3,29,31,32,34). The molecule has 0 aliphatic rings. The molecule has 0 amide bonds. The average Bonchev–Trinajstić information content (AvgIpc) is 2.93. The minimum absolute atomic E-state index is 0.0241. The molecule has 0 fully saturated rings. The molecule has 0 saturated carbocycles. The zero-order valence-corrected chi connectivity index (χ0v) is 20.1. The maximum Gasteiger partial charge on any atom is 0.266 e. The van der Waals surface area contributed by atoms with E-state index >= 15 is 0 Å². The number of nitrogens with zero attached hydrogens (tertiary/aromatic N) is 6. The summed E-state index contributed by atoms with van der Waals surface area (Å²) in [5.41, 5.74) is 8.09. The number of ether oxygens (including phenoxy) is 1. The van der Waals surface area contributed by atoms with Crippen LogP contribution in [-0.4, -0.2) is 31.6 Å². The zero-order valence-electron chi connectivity index (χ0n) is 20.1. The van der Waals surface area contributed by atoms with Crippen LogP contribution in [0.25, 0.3) is 27.8 Å². The second kappa shape index (κ2) is 9.75. The highest BCUT2D eigenvalue weighted by molar-refractivity contribution is 5.93. The van der Waals surface area contributed by atoms with Crippen LogP contribution in [-0.2, 0) is 0 Å².